The van der Waals surface area contributed by atoms with Crippen molar-refractivity contribution in [2.75, 3.05) is 0 Å². The smallest absolute Gasteiger partial charge is 0.0616 e. The number of nitrogens with zero attached hydrogens (tertiary/aromatic N) is 2. The summed E-state index contributed by atoms with van der Waals surface area (Å²) < 4.78 is 0. The molecule has 108 valence electrons. The van der Waals surface area contributed by atoms with Crippen molar-refractivity contribution < 1.29 is 0 Å². The summed E-state index contributed by atoms with van der Waals surface area (Å²) in [5.41, 5.74) is 5.34. The average molecular weight is 278 g/mol. The Bertz CT molecular complexity index is 631. The molecule has 1 saturated carbocycles. The Morgan fingerprint density at radius 1 is 1.00 bits per heavy atom. The average Bonchev–Trinajstić information content (AvgIpc) is 2.84. The van der Waals surface area contributed by atoms with Gasteiger partial charge in [0.15, 0.2) is 0 Å². The second kappa shape index (κ2) is 4.66. The van der Waals surface area contributed by atoms with Gasteiger partial charge in [0, 0.05) is 23.5 Å². The number of hydrogen-bond acceptors (Lipinski definition) is 2. The molecule has 4 rings (SSSR count). The fourth-order valence-corrected chi connectivity index (χ4v) is 4.86. The van der Waals surface area contributed by atoms with Gasteiger partial charge in [-0.3, -0.25) is 9.97 Å². The first-order chi connectivity index (χ1) is 10.3. The quantitative estimate of drug-likeness (QED) is 0.820. The number of hydrogen-bond donors (Lipinski definition) is 0. The molecule has 1 fully saturated rings. The van der Waals surface area contributed by atoms with Crippen LogP contribution in [-0.4, -0.2) is 9.97 Å². The Morgan fingerprint density at radius 2 is 1.62 bits per heavy atom. The summed E-state index contributed by atoms with van der Waals surface area (Å²) in [6, 6.07) is 8.57. The SMILES string of the molecule is CCCC1CC(CC)C12c1ncccc1-c1cccnc12. The third kappa shape index (κ3) is 1.48. The molecule has 0 aliphatic heterocycles. The summed E-state index contributed by atoms with van der Waals surface area (Å²) in [6.45, 7) is 4.61. The third-order valence-corrected chi connectivity index (χ3v) is 5.68. The van der Waals surface area contributed by atoms with Crippen LogP contribution < -0.4 is 0 Å². The van der Waals surface area contributed by atoms with Gasteiger partial charge >= 0.3 is 0 Å². The minimum atomic E-state index is 0.0952. The van der Waals surface area contributed by atoms with E-state index in [1.807, 2.05) is 12.4 Å². The van der Waals surface area contributed by atoms with Crippen LogP contribution in [0.4, 0.5) is 0 Å². The van der Waals surface area contributed by atoms with Crippen LogP contribution >= 0.6 is 0 Å². The van der Waals surface area contributed by atoms with Gasteiger partial charge in [-0.15, -0.1) is 0 Å². The molecule has 2 atom stereocenters. The van der Waals surface area contributed by atoms with Crippen LogP contribution in [0, 0.1) is 11.8 Å². The van der Waals surface area contributed by atoms with Crippen molar-refractivity contribution in [3.63, 3.8) is 0 Å². The zero-order valence-corrected chi connectivity index (χ0v) is 12.8. The van der Waals surface area contributed by atoms with Gasteiger partial charge in [0.05, 0.1) is 16.8 Å². The number of aromatic nitrogens is 2. The highest BCUT2D eigenvalue weighted by Gasteiger charge is 2.61. The Labute approximate surface area is 126 Å². The zero-order chi connectivity index (χ0) is 14.4. The highest BCUT2D eigenvalue weighted by Crippen LogP contribution is 2.65. The first-order valence-electron chi connectivity index (χ1n) is 8.25. The largest absolute Gasteiger partial charge is 0.260 e. The Hall–Kier alpha value is -1.70. The van der Waals surface area contributed by atoms with Crippen LogP contribution in [0.15, 0.2) is 36.7 Å². The lowest BCUT2D eigenvalue weighted by Gasteiger charge is -2.54. The summed E-state index contributed by atoms with van der Waals surface area (Å²) in [5.74, 6) is 1.40. The Kier molecular flexibility index (Phi) is 2.88. The van der Waals surface area contributed by atoms with Crippen molar-refractivity contribution in [3.8, 4) is 11.1 Å². The molecule has 0 amide bonds. The lowest BCUT2D eigenvalue weighted by Crippen LogP contribution is -2.53. The van der Waals surface area contributed by atoms with Crippen molar-refractivity contribution in [2.45, 2.75) is 44.9 Å². The molecule has 2 unspecified atom stereocenters. The fourth-order valence-electron chi connectivity index (χ4n) is 4.86. The zero-order valence-electron chi connectivity index (χ0n) is 12.8. The minimum Gasteiger partial charge on any atom is -0.260 e. The molecular weight excluding hydrogens is 256 g/mol. The van der Waals surface area contributed by atoms with Gasteiger partial charge in [-0.25, -0.2) is 0 Å². The van der Waals surface area contributed by atoms with Crippen LogP contribution in [0.2, 0.25) is 0 Å². The highest BCUT2D eigenvalue weighted by molar-refractivity contribution is 5.79. The molecule has 2 aliphatic carbocycles. The van der Waals surface area contributed by atoms with E-state index in [1.54, 1.807) is 0 Å². The molecule has 2 aromatic heterocycles. The van der Waals surface area contributed by atoms with Gasteiger partial charge in [0.25, 0.3) is 0 Å². The molecule has 2 nitrogen and oxygen atoms in total. The molecule has 0 N–H and O–H groups in total. The number of rotatable bonds is 3. The minimum absolute atomic E-state index is 0.0952. The lowest BCUT2D eigenvalue weighted by atomic mass is 9.49. The monoisotopic (exact) mass is 278 g/mol. The third-order valence-electron chi connectivity index (χ3n) is 5.68. The van der Waals surface area contributed by atoms with E-state index in [0.717, 1.165) is 0 Å². The molecule has 2 heterocycles. The van der Waals surface area contributed by atoms with Crippen molar-refractivity contribution >= 4 is 0 Å². The van der Waals surface area contributed by atoms with Crippen LogP contribution in [0.1, 0.15) is 50.9 Å². The highest BCUT2D eigenvalue weighted by atomic mass is 14.8. The van der Waals surface area contributed by atoms with E-state index in [-0.39, 0.29) is 5.41 Å². The second-order valence-electron chi connectivity index (χ2n) is 6.49. The molecule has 0 bridgehead atoms. The van der Waals surface area contributed by atoms with Crippen LogP contribution in [-0.2, 0) is 5.41 Å². The van der Waals surface area contributed by atoms with E-state index >= 15 is 0 Å². The van der Waals surface area contributed by atoms with E-state index in [2.05, 4.69) is 38.1 Å². The first kappa shape index (κ1) is 13.0. The van der Waals surface area contributed by atoms with E-state index in [9.17, 15) is 0 Å². The standard InChI is InChI=1S/C19H22N2/c1-3-7-14-12-13(4-2)19(14)17-15(8-5-10-20-17)16-9-6-11-21-18(16)19/h5-6,8-11,13-14H,3-4,7,12H2,1-2H3. The summed E-state index contributed by atoms with van der Waals surface area (Å²) in [7, 11) is 0. The van der Waals surface area contributed by atoms with Crippen molar-refractivity contribution in [2.24, 2.45) is 11.8 Å². The molecule has 0 aromatic carbocycles. The maximum Gasteiger partial charge on any atom is 0.0616 e. The van der Waals surface area contributed by atoms with Gasteiger partial charge in [0.1, 0.15) is 0 Å². The number of pyridine rings is 2. The summed E-state index contributed by atoms with van der Waals surface area (Å²) >= 11 is 0. The van der Waals surface area contributed by atoms with Crippen LogP contribution in [0.5, 0.6) is 0 Å². The maximum atomic E-state index is 4.84. The van der Waals surface area contributed by atoms with Crippen molar-refractivity contribution in [3.05, 3.63) is 48.0 Å². The van der Waals surface area contributed by atoms with E-state index in [4.69, 9.17) is 9.97 Å². The van der Waals surface area contributed by atoms with Crippen LogP contribution in [0.3, 0.4) is 0 Å². The van der Waals surface area contributed by atoms with Crippen molar-refractivity contribution in [1.82, 2.24) is 9.97 Å². The molecule has 2 heteroatoms. The summed E-state index contributed by atoms with van der Waals surface area (Å²) in [5, 5.41) is 0. The van der Waals surface area contributed by atoms with Gasteiger partial charge < -0.3 is 0 Å². The predicted molar refractivity (Wildman–Crippen MR) is 85.0 cm³/mol. The normalized spacial score (nSPS) is 24.5. The molecule has 2 aliphatic rings. The summed E-state index contributed by atoms with van der Waals surface area (Å²) in [4.78, 5) is 9.68. The predicted octanol–water partition coefficient (Wildman–Crippen LogP) is 4.59. The first-order valence-corrected chi connectivity index (χ1v) is 8.25. The second-order valence-corrected chi connectivity index (χ2v) is 6.49. The summed E-state index contributed by atoms with van der Waals surface area (Å²) in [6.07, 6.45) is 8.99. The Balaban J connectivity index is 1.99. The molecular formula is C19H22N2. The van der Waals surface area contributed by atoms with Gasteiger partial charge in [-0.05, 0) is 36.8 Å². The fraction of sp³-hybridized carbons (Fsp3) is 0.474. The lowest BCUT2D eigenvalue weighted by molar-refractivity contribution is 0.0468. The molecule has 21 heavy (non-hydrogen) atoms. The van der Waals surface area contributed by atoms with Gasteiger partial charge in [-0.2, -0.15) is 0 Å². The molecule has 2 aromatic rings. The molecule has 0 radical (unpaired) electrons. The topological polar surface area (TPSA) is 25.8 Å². The van der Waals surface area contributed by atoms with Crippen molar-refractivity contribution in [1.29, 1.82) is 0 Å². The number of fused-ring (bicyclic) bond motifs is 5. The Morgan fingerprint density at radius 3 is 2.14 bits per heavy atom. The maximum absolute atomic E-state index is 4.84. The van der Waals surface area contributed by atoms with Gasteiger partial charge in [-0.1, -0.05) is 38.8 Å². The molecule has 0 saturated heterocycles. The molecule has 1 spiro atoms. The van der Waals surface area contributed by atoms with E-state index < -0.39 is 0 Å². The van der Waals surface area contributed by atoms with Crippen LogP contribution in [0.25, 0.3) is 11.1 Å². The van der Waals surface area contributed by atoms with Gasteiger partial charge in [0.2, 0.25) is 0 Å². The van der Waals surface area contributed by atoms with E-state index in [0.29, 0.717) is 11.8 Å². The van der Waals surface area contributed by atoms with E-state index in [1.165, 1.54) is 48.2 Å².